The van der Waals surface area contributed by atoms with Crippen molar-refractivity contribution in [3.63, 3.8) is 0 Å². The summed E-state index contributed by atoms with van der Waals surface area (Å²) in [7, 11) is 0. The molecule has 4 heterocycles. The second-order valence-electron chi connectivity index (χ2n) is 4.72. The predicted octanol–water partition coefficient (Wildman–Crippen LogP) is 0.578. The number of halogens is 1. The zero-order chi connectivity index (χ0) is 14.4. The zero-order valence-electron chi connectivity index (χ0n) is 10.7. The van der Waals surface area contributed by atoms with Gasteiger partial charge in [0, 0.05) is 18.3 Å². The van der Waals surface area contributed by atoms with Gasteiger partial charge in [-0.25, -0.2) is 9.37 Å². The van der Waals surface area contributed by atoms with Crippen molar-refractivity contribution in [2.45, 2.75) is 19.1 Å². The Morgan fingerprint density at radius 1 is 1.48 bits per heavy atom. The molecule has 0 saturated carbocycles. The Balaban J connectivity index is 1.71. The number of hydrogen-bond acceptors (Lipinski definition) is 6. The molecule has 0 amide bonds. The summed E-state index contributed by atoms with van der Waals surface area (Å²) >= 11 is 0. The van der Waals surface area contributed by atoms with Gasteiger partial charge in [-0.3, -0.25) is 9.48 Å². The van der Waals surface area contributed by atoms with E-state index in [2.05, 4.69) is 25.2 Å². The maximum atomic E-state index is 13.2. The number of alkyl halides is 1. The van der Waals surface area contributed by atoms with Crippen LogP contribution in [0.5, 0.6) is 0 Å². The average molecular weight is 288 g/mol. The van der Waals surface area contributed by atoms with Crippen molar-refractivity contribution in [1.82, 2.24) is 29.9 Å². The van der Waals surface area contributed by atoms with Crippen molar-refractivity contribution < 1.29 is 8.91 Å². The normalized spacial score (nSPS) is 17.1. The molecule has 0 aliphatic carbocycles. The van der Waals surface area contributed by atoms with E-state index in [1.165, 1.54) is 12.5 Å². The summed E-state index contributed by atoms with van der Waals surface area (Å²) < 4.78 is 19.9. The van der Waals surface area contributed by atoms with E-state index in [0.29, 0.717) is 12.1 Å². The molecule has 3 aromatic rings. The number of aromatic amines is 1. The van der Waals surface area contributed by atoms with E-state index >= 15 is 0 Å². The smallest absolute Gasteiger partial charge is 0.278 e. The van der Waals surface area contributed by atoms with E-state index in [-0.39, 0.29) is 29.4 Å². The van der Waals surface area contributed by atoms with E-state index in [9.17, 15) is 9.18 Å². The molecule has 0 spiro atoms. The van der Waals surface area contributed by atoms with E-state index in [0.717, 1.165) is 5.69 Å². The van der Waals surface area contributed by atoms with Gasteiger partial charge in [0.25, 0.3) is 11.4 Å². The zero-order valence-corrected chi connectivity index (χ0v) is 10.7. The molecule has 0 fully saturated rings. The van der Waals surface area contributed by atoms with Crippen LogP contribution < -0.4 is 5.56 Å². The molecule has 8 nitrogen and oxygen atoms in total. The number of rotatable bonds is 2. The van der Waals surface area contributed by atoms with Gasteiger partial charge in [-0.15, -0.1) is 0 Å². The minimum Gasteiger partial charge on any atom is -0.332 e. The molecule has 21 heavy (non-hydrogen) atoms. The molecule has 106 valence electrons. The SMILES string of the molecule is O=c1[nH]cncc1-c1noc(-c2cc3n(n2)CC(F)C3)n1. The molecule has 0 saturated heterocycles. The first-order valence-corrected chi connectivity index (χ1v) is 6.28. The minimum absolute atomic E-state index is 0.135. The third-order valence-electron chi connectivity index (χ3n) is 3.27. The predicted molar refractivity (Wildman–Crippen MR) is 68.0 cm³/mol. The van der Waals surface area contributed by atoms with Gasteiger partial charge in [0.05, 0.1) is 12.9 Å². The van der Waals surface area contributed by atoms with Gasteiger partial charge in [-0.1, -0.05) is 5.16 Å². The molecule has 1 atom stereocenters. The standard InChI is InChI=1S/C12H9FN6O2/c13-6-1-7-2-9(17-19(7)4-6)12-16-10(18-21-12)8-3-14-5-15-11(8)20/h2-3,5-6H,1,4H2,(H,14,15,20). The Morgan fingerprint density at radius 3 is 3.19 bits per heavy atom. The van der Waals surface area contributed by atoms with Crippen molar-refractivity contribution in [3.8, 4) is 23.0 Å². The Morgan fingerprint density at radius 2 is 2.38 bits per heavy atom. The molecular formula is C12H9FN6O2. The van der Waals surface area contributed by atoms with E-state index in [1.807, 2.05) is 0 Å². The Hall–Kier alpha value is -2.84. The highest BCUT2D eigenvalue weighted by Gasteiger charge is 2.25. The molecule has 0 aromatic carbocycles. The Bertz CT molecular complexity index is 843. The average Bonchev–Trinajstić information content (AvgIpc) is 3.12. The second-order valence-corrected chi connectivity index (χ2v) is 4.72. The highest BCUT2D eigenvalue weighted by molar-refractivity contribution is 5.56. The van der Waals surface area contributed by atoms with Gasteiger partial charge in [-0.05, 0) is 6.07 Å². The largest absolute Gasteiger partial charge is 0.332 e. The summed E-state index contributed by atoms with van der Waals surface area (Å²) in [6.07, 6.45) is 2.07. The maximum absolute atomic E-state index is 13.2. The Kier molecular flexibility index (Phi) is 2.46. The van der Waals surface area contributed by atoms with Gasteiger partial charge in [0.15, 0.2) is 5.69 Å². The second kappa shape index (κ2) is 4.33. The van der Waals surface area contributed by atoms with Crippen LogP contribution in [0, 0.1) is 0 Å². The van der Waals surface area contributed by atoms with Crippen LogP contribution in [0.2, 0.25) is 0 Å². The fraction of sp³-hybridized carbons (Fsp3) is 0.250. The van der Waals surface area contributed by atoms with Crippen molar-refractivity contribution in [3.05, 3.63) is 34.6 Å². The number of hydrogen-bond donors (Lipinski definition) is 1. The van der Waals surface area contributed by atoms with Gasteiger partial charge in [0.1, 0.15) is 11.7 Å². The van der Waals surface area contributed by atoms with E-state index < -0.39 is 6.17 Å². The van der Waals surface area contributed by atoms with Gasteiger partial charge < -0.3 is 9.51 Å². The van der Waals surface area contributed by atoms with Crippen LogP contribution >= 0.6 is 0 Å². The van der Waals surface area contributed by atoms with Gasteiger partial charge >= 0.3 is 0 Å². The third-order valence-corrected chi connectivity index (χ3v) is 3.27. The number of H-pyrrole nitrogens is 1. The fourth-order valence-electron chi connectivity index (χ4n) is 2.30. The monoisotopic (exact) mass is 288 g/mol. The van der Waals surface area contributed by atoms with Gasteiger partial charge in [0.2, 0.25) is 5.82 Å². The van der Waals surface area contributed by atoms with Crippen molar-refractivity contribution in [2.75, 3.05) is 0 Å². The van der Waals surface area contributed by atoms with Crippen LogP contribution in [0.25, 0.3) is 23.0 Å². The number of fused-ring (bicyclic) bond motifs is 1. The molecule has 0 radical (unpaired) electrons. The summed E-state index contributed by atoms with van der Waals surface area (Å²) in [6, 6.07) is 1.71. The van der Waals surface area contributed by atoms with Crippen LogP contribution in [0.1, 0.15) is 5.69 Å². The number of nitrogens with one attached hydrogen (secondary N) is 1. The van der Waals surface area contributed by atoms with Crippen LogP contribution in [0.15, 0.2) is 27.9 Å². The lowest BCUT2D eigenvalue weighted by molar-refractivity contribution is 0.322. The molecule has 3 aromatic heterocycles. The van der Waals surface area contributed by atoms with Crippen molar-refractivity contribution in [1.29, 1.82) is 0 Å². The molecule has 4 rings (SSSR count). The first-order chi connectivity index (χ1) is 10.2. The van der Waals surface area contributed by atoms with Gasteiger partial charge in [-0.2, -0.15) is 10.1 Å². The van der Waals surface area contributed by atoms with E-state index in [4.69, 9.17) is 4.52 Å². The Labute approximate surface area is 116 Å². The molecule has 9 heteroatoms. The molecule has 1 aliphatic rings. The highest BCUT2D eigenvalue weighted by atomic mass is 19.1. The van der Waals surface area contributed by atoms with Crippen LogP contribution in [0.3, 0.4) is 0 Å². The third kappa shape index (κ3) is 1.93. The first kappa shape index (κ1) is 11.9. The molecule has 1 N–H and O–H groups in total. The molecule has 0 bridgehead atoms. The van der Waals surface area contributed by atoms with Crippen LogP contribution in [-0.2, 0) is 13.0 Å². The van der Waals surface area contributed by atoms with Crippen molar-refractivity contribution in [2.24, 2.45) is 0 Å². The summed E-state index contributed by atoms with van der Waals surface area (Å²) in [5, 5.41) is 7.97. The molecule has 1 unspecified atom stereocenters. The number of aromatic nitrogens is 6. The summed E-state index contributed by atoms with van der Waals surface area (Å²) in [6.45, 7) is 0.235. The van der Waals surface area contributed by atoms with E-state index in [1.54, 1.807) is 10.7 Å². The number of nitrogens with zero attached hydrogens (tertiary/aromatic N) is 5. The molecular weight excluding hydrogens is 279 g/mol. The van der Waals surface area contributed by atoms with Crippen molar-refractivity contribution >= 4 is 0 Å². The summed E-state index contributed by atoms with van der Waals surface area (Å²) in [4.78, 5) is 22.0. The van der Waals surface area contributed by atoms with Crippen LogP contribution in [0.4, 0.5) is 4.39 Å². The quantitative estimate of drug-likeness (QED) is 0.740. The molecule has 1 aliphatic heterocycles. The summed E-state index contributed by atoms with van der Waals surface area (Å²) in [5.41, 5.74) is 1.11. The van der Waals surface area contributed by atoms with Crippen LogP contribution in [-0.4, -0.2) is 36.1 Å². The summed E-state index contributed by atoms with van der Waals surface area (Å²) in [5.74, 6) is 0.321. The topological polar surface area (TPSA) is 102 Å². The maximum Gasteiger partial charge on any atom is 0.278 e. The minimum atomic E-state index is -0.895. The lowest BCUT2D eigenvalue weighted by Crippen LogP contribution is -2.09. The first-order valence-electron chi connectivity index (χ1n) is 6.28. The lowest BCUT2D eigenvalue weighted by atomic mass is 10.2. The highest BCUT2D eigenvalue weighted by Crippen LogP contribution is 2.24. The lowest BCUT2D eigenvalue weighted by Gasteiger charge is -1.94. The fourth-order valence-corrected chi connectivity index (χ4v) is 2.30.